The number of hydrogen-bond donors (Lipinski definition) is 1. The minimum absolute atomic E-state index is 0.0668. The van der Waals surface area contributed by atoms with E-state index in [9.17, 15) is 10.1 Å². The van der Waals surface area contributed by atoms with Crippen molar-refractivity contribution in [3.05, 3.63) is 33.9 Å². The average Bonchev–Trinajstić information content (AvgIpc) is 2.34. The Balaban J connectivity index is 2.64. The molecular formula is C12H18N2O3S. The highest BCUT2D eigenvalue weighted by Crippen LogP contribution is 2.25. The molecule has 0 spiro atoms. The number of ether oxygens (including phenoxy) is 1. The standard InChI is InChI=1S/C12H18N2O3S/c1-9(13)3-4-18-8-10-5-11(14(15)16)7-12(6-10)17-2/h5-7,9H,3-4,8,13H2,1-2H3. The van der Waals surface area contributed by atoms with Crippen LogP contribution in [0.2, 0.25) is 0 Å². The van der Waals surface area contributed by atoms with Gasteiger partial charge in [0.2, 0.25) is 0 Å². The van der Waals surface area contributed by atoms with Crippen molar-refractivity contribution in [2.24, 2.45) is 5.73 Å². The second kappa shape index (κ2) is 7.23. The number of nitro benzene ring substituents is 1. The molecule has 0 heterocycles. The molecule has 0 aliphatic heterocycles. The summed E-state index contributed by atoms with van der Waals surface area (Å²) in [5, 5.41) is 10.8. The summed E-state index contributed by atoms with van der Waals surface area (Å²) in [6.45, 7) is 1.97. The summed E-state index contributed by atoms with van der Waals surface area (Å²) in [5.41, 5.74) is 6.62. The van der Waals surface area contributed by atoms with Crippen LogP contribution in [0.15, 0.2) is 18.2 Å². The van der Waals surface area contributed by atoms with Gasteiger partial charge in [0.25, 0.3) is 5.69 Å². The van der Waals surface area contributed by atoms with Crippen LogP contribution in [-0.4, -0.2) is 23.8 Å². The Labute approximate surface area is 111 Å². The van der Waals surface area contributed by atoms with Crippen molar-refractivity contribution < 1.29 is 9.66 Å². The first-order valence-corrected chi connectivity index (χ1v) is 6.84. The lowest BCUT2D eigenvalue weighted by molar-refractivity contribution is -0.385. The van der Waals surface area contributed by atoms with E-state index in [1.807, 2.05) is 13.0 Å². The van der Waals surface area contributed by atoms with Crippen molar-refractivity contribution in [1.82, 2.24) is 0 Å². The minimum Gasteiger partial charge on any atom is -0.496 e. The first-order valence-electron chi connectivity index (χ1n) is 5.68. The molecule has 1 atom stereocenters. The largest absolute Gasteiger partial charge is 0.496 e. The predicted molar refractivity (Wildman–Crippen MR) is 74.1 cm³/mol. The van der Waals surface area contributed by atoms with E-state index < -0.39 is 4.92 Å². The zero-order valence-electron chi connectivity index (χ0n) is 10.6. The molecule has 0 saturated carbocycles. The Hall–Kier alpha value is -1.27. The number of non-ortho nitro benzene ring substituents is 1. The summed E-state index contributed by atoms with van der Waals surface area (Å²) < 4.78 is 5.06. The average molecular weight is 270 g/mol. The highest BCUT2D eigenvalue weighted by Gasteiger charge is 2.10. The van der Waals surface area contributed by atoms with Crippen LogP contribution in [0, 0.1) is 10.1 Å². The Kier molecular flexibility index (Phi) is 5.94. The van der Waals surface area contributed by atoms with Gasteiger partial charge in [-0.2, -0.15) is 11.8 Å². The number of methoxy groups -OCH3 is 1. The van der Waals surface area contributed by atoms with Crippen LogP contribution < -0.4 is 10.5 Å². The van der Waals surface area contributed by atoms with Gasteiger partial charge in [-0.05, 0) is 30.7 Å². The molecule has 1 aromatic carbocycles. The summed E-state index contributed by atoms with van der Waals surface area (Å²) in [5.74, 6) is 2.19. The van der Waals surface area contributed by atoms with E-state index in [0.717, 1.165) is 23.5 Å². The van der Waals surface area contributed by atoms with Gasteiger partial charge in [-0.3, -0.25) is 10.1 Å². The molecule has 1 unspecified atom stereocenters. The first-order chi connectivity index (χ1) is 8.52. The topological polar surface area (TPSA) is 78.4 Å². The Bertz CT molecular complexity index is 410. The van der Waals surface area contributed by atoms with Crippen molar-refractivity contribution in [2.45, 2.75) is 25.1 Å². The van der Waals surface area contributed by atoms with Gasteiger partial charge in [0.05, 0.1) is 18.1 Å². The van der Waals surface area contributed by atoms with E-state index in [-0.39, 0.29) is 11.7 Å². The van der Waals surface area contributed by atoms with Crippen LogP contribution >= 0.6 is 11.8 Å². The number of thioether (sulfide) groups is 1. The third kappa shape index (κ3) is 4.93. The summed E-state index contributed by atoms with van der Waals surface area (Å²) >= 11 is 1.72. The number of nitrogens with zero attached hydrogens (tertiary/aromatic N) is 1. The second-order valence-electron chi connectivity index (χ2n) is 4.11. The molecule has 100 valence electrons. The van der Waals surface area contributed by atoms with Gasteiger partial charge >= 0.3 is 0 Å². The number of benzene rings is 1. The molecule has 2 N–H and O–H groups in total. The second-order valence-corrected chi connectivity index (χ2v) is 5.22. The fraction of sp³-hybridized carbons (Fsp3) is 0.500. The van der Waals surface area contributed by atoms with Gasteiger partial charge < -0.3 is 10.5 Å². The molecule has 0 aliphatic rings. The van der Waals surface area contributed by atoms with Crippen molar-refractivity contribution in [3.63, 3.8) is 0 Å². The first kappa shape index (κ1) is 14.8. The maximum Gasteiger partial charge on any atom is 0.273 e. The van der Waals surface area contributed by atoms with Gasteiger partial charge in [0, 0.05) is 17.9 Å². The predicted octanol–water partition coefficient (Wildman–Crippen LogP) is 2.57. The SMILES string of the molecule is COc1cc(CSCCC(C)N)cc([N+](=O)[O-])c1. The van der Waals surface area contributed by atoms with Gasteiger partial charge in [-0.15, -0.1) is 0 Å². The lowest BCUT2D eigenvalue weighted by Gasteiger charge is -2.06. The fourth-order valence-corrected chi connectivity index (χ4v) is 2.49. The summed E-state index contributed by atoms with van der Waals surface area (Å²) in [4.78, 5) is 10.4. The molecule has 0 aromatic heterocycles. The van der Waals surface area contributed by atoms with Crippen molar-refractivity contribution in [1.29, 1.82) is 0 Å². The highest BCUT2D eigenvalue weighted by atomic mass is 32.2. The molecule has 0 radical (unpaired) electrons. The van der Waals surface area contributed by atoms with Crippen molar-refractivity contribution >= 4 is 17.4 Å². The van der Waals surface area contributed by atoms with Crippen molar-refractivity contribution in [2.75, 3.05) is 12.9 Å². The van der Waals surface area contributed by atoms with Crippen LogP contribution in [0.25, 0.3) is 0 Å². The molecule has 0 bridgehead atoms. The van der Waals surface area contributed by atoms with E-state index in [1.54, 1.807) is 17.8 Å². The van der Waals surface area contributed by atoms with Crippen LogP contribution in [0.5, 0.6) is 5.75 Å². The molecule has 0 amide bonds. The van der Waals surface area contributed by atoms with Gasteiger partial charge in [-0.1, -0.05) is 0 Å². The molecule has 1 aromatic rings. The van der Waals surface area contributed by atoms with Crippen LogP contribution in [0.3, 0.4) is 0 Å². The normalized spacial score (nSPS) is 12.2. The van der Waals surface area contributed by atoms with Gasteiger partial charge in [-0.25, -0.2) is 0 Å². The fourth-order valence-electron chi connectivity index (χ4n) is 1.41. The Morgan fingerprint density at radius 2 is 2.22 bits per heavy atom. The summed E-state index contributed by atoms with van der Waals surface area (Å²) in [7, 11) is 1.51. The third-order valence-electron chi connectivity index (χ3n) is 2.38. The van der Waals surface area contributed by atoms with Crippen LogP contribution in [0.4, 0.5) is 5.69 Å². The maximum absolute atomic E-state index is 10.8. The van der Waals surface area contributed by atoms with E-state index >= 15 is 0 Å². The lowest BCUT2D eigenvalue weighted by atomic mass is 10.2. The molecule has 0 saturated heterocycles. The monoisotopic (exact) mass is 270 g/mol. The zero-order chi connectivity index (χ0) is 13.5. The number of hydrogen-bond acceptors (Lipinski definition) is 5. The molecule has 6 heteroatoms. The Morgan fingerprint density at radius 3 is 2.78 bits per heavy atom. The smallest absolute Gasteiger partial charge is 0.273 e. The van der Waals surface area contributed by atoms with Crippen molar-refractivity contribution in [3.8, 4) is 5.75 Å². The molecule has 5 nitrogen and oxygen atoms in total. The quantitative estimate of drug-likeness (QED) is 0.468. The highest BCUT2D eigenvalue weighted by molar-refractivity contribution is 7.98. The zero-order valence-corrected chi connectivity index (χ0v) is 11.4. The van der Waals surface area contributed by atoms with Crippen LogP contribution in [-0.2, 0) is 5.75 Å². The number of nitrogens with two attached hydrogens (primary N) is 1. The molecule has 1 rings (SSSR count). The van der Waals surface area contributed by atoms with E-state index in [0.29, 0.717) is 5.75 Å². The minimum atomic E-state index is -0.404. The van der Waals surface area contributed by atoms with E-state index in [2.05, 4.69) is 0 Å². The number of nitro groups is 1. The van der Waals surface area contributed by atoms with Gasteiger partial charge in [0.15, 0.2) is 0 Å². The molecular weight excluding hydrogens is 252 g/mol. The van der Waals surface area contributed by atoms with E-state index in [4.69, 9.17) is 10.5 Å². The van der Waals surface area contributed by atoms with E-state index in [1.165, 1.54) is 13.2 Å². The lowest BCUT2D eigenvalue weighted by Crippen LogP contribution is -2.15. The molecule has 0 fully saturated rings. The summed E-state index contributed by atoms with van der Waals surface area (Å²) in [6.07, 6.45) is 0.941. The third-order valence-corrected chi connectivity index (χ3v) is 3.45. The van der Waals surface area contributed by atoms with Crippen LogP contribution in [0.1, 0.15) is 18.9 Å². The summed E-state index contributed by atoms with van der Waals surface area (Å²) in [6, 6.07) is 5.03. The maximum atomic E-state index is 10.8. The molecule has 0 aliphatic carbocycles. The Morgan fingerprint density at radius 1 is 1.50 bits per heavy atom. The molecule has 18 heavy (non-hydrogen) atoms. The van der Waals surface area contributed by atoms with Gasteiger partial charge in [0.1, 0.15) is 5.75 Å². The number of rotatable bonds is 7.